The minimum absolute atomic E-state index is 0.719. The van der Waals surface area contributed by atoms with Crippen LogP contribution in [-0.2, 0) is 0 Å². The van der Waals surface area contributed by atoms with Crippen LogP contribution in [0.15, 0.2) is 30.5 Å². The van der Waals surface area contributed by atoms with Crippen molar-refractivity contribution in [2.45, 2.75) is 12.8 Å². The molecule has 1 aliphatic carbocycles. The number of hydrogen-bond acceptors (Lipinski definition) is 4. The third-order valence-electron chi connectivity index (χ3n) is 4.61. The second-order valence-electron chi connectivity index (χ2n) is 7.14. The smallest absolute Gasteiger partial charge is 0.0737 e. The van der Waals surface area contributed by atoms with E-state index in [4.69, 9.17) is 11.6 Å². The van der Waals surface area contributed by atoms with E-state index in [1.807, 2.05) is 30.5 Å². The van der Waals surface area contributed by atoms with Gasteiger partial charge in [-0.1, -0.05) is 11.6 Å². The van der Waals surface area contributed by atoms with Crippen LogP contribution in [0.5, 0.6) is 0 Å². The molecule has 0 atom stereocenters. The molecule has 143 valence electrons. The molecule has 5 heteroatoms. The second kappa shape index (κ2) is 10.3. The van der Waals surface area contributed by atoms with Crippen molar-refractivity contribution in [2.24, 2.45) is 0 Å². The Morgan fingerprint density at radius 1 is 1.04 bits per heavy atom. The zero-order chi connectivity index (χ0) is 19.1. The summed E-state index contributed by atoms with van der Waals surface area (Å²) in [5.41, 5.74) is 2.05. The molecular weight excluding hydrogens is 356 g/mol. The van der Waals surface area contributed by atoms with Gasteiger partial charge in [0.2, 0.25) is 0 Å². The van der Waals surface area contributed by atoms with E-state index in [2.05, 4.69) is 53.9 Å². The number of hydrogen-bond donors (Lipinski definition) is 2. The molecule has 27 heavy (non-hydrogen) atoms. The van der Waals surface area contributed by atoms with Crippen molar-refractivity contribution in [1.29, 1.82) is 0 Å². The fraction of sp³-hybridized carbons (Fsp3) is 0.364. The van der Waals surface area contributed by atoms with Gasteiger partial charge in [-0.2, -0.15) is 0 Å². The van der Waals surface area contributed by atoms with Crippen molar-refractivity contribution in [1.82, 2.24) is 15.2 Å². The first-order chi connectivity index (χ1) is 13.1. The topological polar surface area (TPSA) is 40.2 Å². The minimum atomic E-state index is 0.719. The average Bonchev–Trinajstić information content (AvgIpc) is 3.07. The van der Waals surface area contributed by atoms with Gasteiger partial charge in [0, 0.05) is 53.8 Å². The number of halogens is 1. The Bertz CT molecular complexity index is 719. The van der Waals surface area contributed by atoms with Crippen LogP contribution in [0.1, 0.15) is 12.8 Å². The summed E-state index contributed by atoms with van der Waals surface area (Å²) in [4.78, 5) is 6.59. The lowest BCUT2D eigenvalue weighted by atomic mass is 9.95. The number of aromatic nitrogens is 1. The van der Waals surface area contributed by atoms with Crippen LogP contribution in [0, 0.1) is 31.1 Å². The van der Waals surface area contributed by atoms with E-state index in [-0.39, 0.29) is 0 Å². The highest BCUT2D eigenvalue weighted by atomic mass is 35.5. The fourth-order valence-corrected chi connectivity index (χ4v) is 3.42. The minimum Gasteiger partial charge on any atom is -0.384 e. The molecule has 2 aromatic rings. The van der Waals surface area contributed by atoms with E-state index >= 15 is 0 Å². The van der Waals surface area contributed by atoms with Gasteiger partial charge >= 0.3 is 0 Å². The number of benzene rings is 1. The highest BCUT2D eigenvalue weighted by Crippen LogP contribution is 2.32. The van der Waals surface area contributed by atoms with E-state index < -0.39 is 0 Å². The normalized spacial score (nSPS) is 15.9. The van der Waals surface area contributed by atoms with Gasteiger partial charge in [-0.25, -0.2) is 0 Å². The molecule has 3 rings (SSSR count). The number of fused-ring (bicyclic) bond motifs is 1. The van der Waals surface area contributed by atoms with Crippen LogP contribution in [0.2, 0.25) is 5.02 Å². The van der Waals surface area contributed by atoms with Crippen LogP contribution in [0.4, 0.5) is 5.69 Å². The summed E-state index contributed by atoms with van der Waals surface area (Å²) >= 11 is 6.05. The van der Waals surface area contributed by atoms with Crippen molar-refractivity contribution < 1.29 is 0 Å². The molecule has 0 spiro atoms. The third-order valence-corrected chi connectivity index (χ3v) is 4.84. The Morgan fingerprint density at radius 2 is 1.85 bits per heavy atom. The molecule has 0 bridgehead atoms. The largest absolute Gasteiger partial charge is 0.384 e. The molecular formula is C22H28ClN4. The first-order valence-corrected chi connectivity index (χ1v) is 9.88. The summed E-state index contributed by atoms with van der Waals surface area (Å²) in [6, 6.07) is 7.87. The summed E-state index contributed by atoms with van der Waals surface area (Å²) in [7, 11) is 4.22. The molecule has 1 aliphatic rings. The molecule has 0 aliphatic heterocycles. The van der Waals surface area contributed by atoms with Crippen LogP contribution in [-0.4, -0.2) is 50.2 Å². The molecule has 1 aromatic carbocycles. The lowest BCUT2D eigenvalue weighted by Gasteiger charge is -2.22. The van der Waals surface area contributed by atoms with Gasteiger partial charge in [-0.15, -0.1) is 0 Å². The first kappa shape index (κ1) is 20.4. The van der Waals surface area contributed by atoms with E-state index in [1.165, 1.54) is 11.8 Å². The molecule has 0 unspecified atom stereocenters. The van der Waals surface area contributed by atoms with Crippen molar-refractivity contribution in [3.8, 4) is 0 Å². The maximum Gasteiger partial charge on any atom is 0.0737 e. The van der Waals surface area contributed by atoms with Gasteiger partial charge in [-0.05, 0) is 77.0 Å². The molecule has 0 saturated heterocycles. The van der Waals surface area contributed by atoms with Gasteiger partial charge in [0.15, 0.2) is 0 Å². The Balaban J connectivity index is 1.33. The molecule has 2 N–H and O–H groups in total. The Hall–Kier alpha value is -1.36. The number of nitrogens with zero attached hydrogens (tertiary/aromatic N) is 2. The SMILES string of the molecule is CN(C)C[C]1[CH][CH][CH][C]1CNCCCCNc1ccnc2cc(Cl)ccc12. The highest BCUT2D eigenvalue weighted by Gasteiger charge is 2.28. The summed E-state index contributed by atoms with van der Waals surface area (Å²) < 4.78 is 0. The predicted molar refractivity (Wildman–Crippen MR) is 115 cm³/mol. The van der Waals surface area contributed by atoms with E-state index in [0.717, 1.165) is 60.6 Å². The van der Waals surface area contributed by atoms with Crippen molar-refractivity contribution in [3.05, 3.63) is 66.6 Å². The fourth-order valence-electron chi connectivity index (χ4n) is 3.26. The maximum absolute atomic E-state index is 6.05. The lowest BCUT2D eigenvalue weighted by molar-refractivity contribution is 0.425. The van der Waals surface area contributed by atoms with Gasteiger partial charge in [0.1, 0.15) is 0 Å². The molecule has 1 heterocycles. The first-order valence-electron chi connectivity index (χ1n) is 9.50. The summed E-state index contributed by atoms with van der Waals surface area (Å²) in [6.07, 6.45) is 10.7. The summed E-state index contributed by atoms with van der Waals surface area (Å²) in [6.45, 7) is 3.92. The standard InChI is InChI=1S/C22H28ClN4/c1-27(2)16-18-7-5-6-17(18)15-24-11-3-4-12-25-21-10-13-26-22-14-19(23)8-9-20(21)22/h5-10,13-14,24H,3-4,11-12,15-16H2,1-2H3,(H,25,26). The van der Waals surface area contributed by atoms with Crippen molar-refractivity contribution in [3.63, 3.8) is 0 Å². The second-order valence-corrected chi connectivity index (χ2v) is 7.58. The molecule has 1 saturated carbocycles. The number of unbranched alkanes of at least 4 members (excludes halogenated alkanes) is 1. The number of pyridine rings is 1. The van der Waals surface area contributed by atoms with Crippen LogP contribution in [0.25, 0.3) is 10.9 Å². The summed E-state index contributed by atoms with van der Waals surface area (Å²) in [5.74, 6) is 2.82. The summed E-state index contributed by atoms with van der Waals surface area (Å²) in [5, 5.41) is 8.93. The number of nitrogens with one attached hydrogen (secondary N) is 2. The van der Waals surface area contributed by atoms with Crippen molar-refractivity contribution in [2.75, 3.05) is 45.6 Å². The Kier molecular flexibility index (Phi) is 7.74. The molecule has 4 nitrogen and oxygen atoms in total. The van der Waals surface area contributed by atoms with Gasteiger partial charge < -0.3 is 15.5 Å². The van der Waals surface area contributed by atoms with Gasteiger partial charge in [0.25, 0.3) is 0 Å². The van der Waals surface area contributed by atoms with E-state index in [9.17, 15) is 0 Å². The van der Waals surface area contributed by atoms with Crippen LogP contribution >= 0.6 is 11.6 Å². The van der Waals surface area contributed by atoms with E-state index in [1.54, 1.807) is 0 Å². The molecule has 0 amide bonds. The maximum atomic E-state index is 6.05. The molecule has 1 aromatic heterocycles. The third kappa shape index (κ3) is 6.06. The lowest BCUT2D eigenvalue weighted by Crippen LogP contribution is -2.29. The van der Waals surface area contributed by atoms with Crippen molar-refractivity contribution >= 4 is 28.2 Å². The van der Waals surface area contributed by atoms with Crippen LogP contribution < -0.4 is 10.6 Å². The number of rotatable bonds is 10. The Labute approximate surface area is 168 Å². The highest BCUT2D eigenvalue weighted by molar-refractivity contribution is 6.31. The molecule has 5 radical (unpaired) electrons. The van der Waals surface area contributed by atoms with Gasteiger partial charge in [-0.3, -0.25) is 4.98 Å². The average molecular weight is 384 g/mol. The van der Waals surface area contributed by atoms with Gasteiger partial charge in [0.05, 0.1) is 5.52 Å². The van der Waals surface area contributed by atoms with Crippen LogP contribution in [0.3, 0.4) is 0 Å². The Morgan fingerprint density at radius 3 is 2.70 bits per heavy atom. The predicted octanol–water partition coefficient (Wildman–Crippen LogP) is 4.01. The molecule has 1 fully saturated rings. The van der Waals surface area contributed by atoms with E-state index in [0.29, 0.717) is 0 Å². The zero-order valence-electron chi connectivity index (χ0n) is 16.1. The monoisotopic (exact) mass is 383 g/mol. The quantitative estimate of drug-likeness (QED) is 0.608. The number of anilines is 1. The zero-order valence-corrected chi connectivity index (χ0v) is 16.9.